The van der Waals surface area contributed by atoms with Gasteiger partial charge in [-0.15, -0.1) is 0 Å². The van der Waals surface area contributed by atoms with Gasteiger partial charge >= 0.3 is 0 Å². The molecule has 1 rings (SSSR count). The molecule has 2 nitrogen and oxygen atoms in total. The maximum absolute atomic E-state index is 4.98. The molecule has 52 valence electrons. The van der Waals surface area contributed by atoms with Crippen LogP contribution in [0.2, 0.25) is 0 Å². The molecule has 1 heterocycles. The molecular formula is C7H8N2S. The van der Waals surface area contributed by atoms with Gasteiger partial charge in [0, 0.05) is 25.0 Å². The van der Waals surface area contributed by atoms with Crippen LogP contribution in [0.1, 0.15) is 5.56 Å². The molecule has 0 aliphatic rings. The number of nitrogens with zero attached hydrogens (tertiary/aromatic N) is 1. The van der Waals surface area contributed by atoms with Crippen LogP contribution in [0.3, 0.4) is 0 Å². The van der Waals surface area contributed by atoms with Gasteiger partial charge in [-0.25, -0.2) is 0 Å². The molecule has 0 aliphatic heterocycles. The fourth-order valence-corrected chi connectivity index (χ4v) is 0.784. The van der Waals surface area contributed by atoms with Crippen LogP contribution < -0.4 is 5.32 Å². The summed E-state index contributed by atoms with van der Waals surface area (Å²) in [6.45, 7) is 0. The Bertz CT molecular complexity index is 220. The van der Waals surface area contributed by atoms with Gasteiger partial charge in [0.15, 0.2) is 0 Å². The first kappa shape index (κ1) is 7.15. The van der Waals surface area contributed by atoms with Crippen molar-refractivity contribution in [1.82, 2.24) is 10.3 Å². The lowest BCUT2D eigenvalue weighted by Crippen LogP contribution is -2.16. The van der Waals surface area contributed by atoms with Crippen molar-refractivity contribution < 1.29 is 0 Å². The number of nitrogens with one attached hydrogen (secondary N) is 1. The molecule has 0 unspecified atom stereocenters. The Morgan fingerprint density at radius 3 is 2.60 bits per heavy atom. The van der Waals surface area contributed by atoms with Crippen molar-refractivity contribution in [3.8, 4) is 0 Å². The number of thiocarbonyl (C=S) groups is 1. The van der Waals surface area contributed by atoms with Gasteiger partial charge in [0.1, 0.15) is 4.99 Å². The molecule has 3 heteroatoms. The Kier molecular flexibility index (Phi) is 2.34. The Hall–Kier alpha value is -0.960. The second-order valence-corrected chi connectivity index (χ2v) is 2.22. The highest BCUT2D eigenvalue weighted by Crippen LogP contribution is 1.95. The summed E-state index contributed by atoms with van der Waals surface area (Å²) >= 11 is 4.98. The van der Waals surface area contributed by atoms with Gasteiger partial charge in [0.25, 0.3) is 0 Å². The lowest BCUT2D eigenvalue weighted by atomic mass is 10.3. The Labute approximate surface area is 65.3 Å². The average Bonchev–Trinajstić information content (AvgIpc) is 2.05. The lowest BCUT2D eigenvalue weighted by molar-refractivity contribution is 1.20. The van der Waals surface area contributed by atoms with Crippen LogP contribution in [0.4, 0.5) is 0 Å². The summed E-state index contributed by atoms with van der Waals surface area (Å²) in [7, 11) is 1.81. The van der Waals surface area contributed by atoms with Crippen LogP contribution in [0, 0.1) is 0 Å². The molecular weight excluding hydrogens is 144 g/mol. The smallest absolute Gasteiger partial charge is 0.106 e. The average molecular weight is 152 g/mol. The molecule has 0 spiro atoms. The maximum atomic E-state index is 4.98. The van der Waals surface area contributed by atoms with Crippen molar-refractivity contribution in [3.05, 3.63) is 30.1 Å². The predicted molar refractivity (Wildman–Crippen MR) is 45.0 cm³/mol. The zero-order valence-corrected chi connectivity index (χ0v) is 6.48. The zero-order valence-electron chi connectivity index (χ0n) is 5.66. The minimum Gasteiger partial charge on any atom is -0.379 e. The molecule has 0 aromatic carbocycles. The van der Waals surface area contributed by atoms with Crippen LogP contribution in [-0.4, -0.2) is 17.0 Å². The van der Waals surface area contributed by atoms with E-state index in [1.54, 1.807) is 12.4 Å². The highest BCUT2D eigenvalue weighted by Gasteiger charge is 1.93. The van der Waals surface area contributed by atoms with Crippen molar-refractivity contribution >= 4 is 17.2 Å². The normalized spacial score (nSPS) is 8.90. The highest BCUT2D eigenvalue weighted by molar-refractivity contribution is 7.80. The number of hydrogen-bond donors (Lipinski definition) is 1. The topological polar surface area (TPSA) is 24.9 Å². The summed E-state index contributed by atoms with van der Waals surface area (Å²) in [5.74, 6) is 0. The summed E-state index contributed by atoms with van der Waals surface area (Å²) in [6, 6.07) is 3.75. The van der Waals surface area contributed by atoms with Gasteiger partial charge in [-0.2, -0.15) is 0 Å². The maximum Gasteiger partial charge on any atom is 0.106 e. The SMILES string of the molecule is CNC(=S)c1ccncc1. The first-order valence-corrected chi connectivity index (χ1v) is 3.37. The van der Waals surface area contributed by atoms with Crippen LogP contribution in [0.25, 0.3) is 0 Å². The summed E-state index contributed by atoms with van der Waals surface area (Å²) in [5, 5.41) is 2.88. The van der Waals surface area contributed by atoms with Gasteiger partial charge in [0.05, 0.1) is 0 Å². The van der Waals surface area contributed by atoms with E-state index in [-0.39, 0.29) is 0 Å². The van der Waals surface area contributed by atoms with E-state index in [2.05, 4.69) is 10.3 Å². The van der Waals surface area contributed by atoms with E-state index in [1.165, 1.54) is 0 Å². The third-order valence-electron chi connectivity index (χ3n) is 1.17. The third kappa shape index (κ3) is 1.51. The summed E-state index contributed by atoms with van der Waals surface area (Å²) in [5.41, 5.74) is 1.01. The van der Waals surface area contributed by atoms with Crippen molar-refractivity contribution in [2.45, 2.75) is 0 Å². The molecule has 0 atom stereocenters. The van der Waals surface area contributed by atoms with E-state index >= 15 is 0 Å². The second kappa shape index (κ2) is 3.27. The molecule has 0 aliphatic carbocycles. The van der Waals surface area contributed by atoms with Crippen molar-refractivity contribution in [2.24, 2.45) is 0 Å². The Morgan fingerprint density at radius 1 is 1.50 bits per heavy atom. The lowest BCUT2D eigenvalue weighted by Gasteiger charge is -1.99. The summed E-state index contributed by atoms with van der Waals surface area (Å²) < 4.78 is 0. The first-order chi connectivity index (χ1) is 4.84. The molecule has 0 fully saturated rings. The highest BCUT2D eigenvalue weighted by atomic mass is 32.1. The van der Waals surface area contributed by atoms with E-state index in [1.807, 2.05) is 19.2 Å². The molecule has 1 aromatic rings. The van der Waals surface area contributed by atoms with Gasteiger partial charge in [0.2, 0.25) is 0 Å². The number of pyridine rings is 1. The molecule has 0 saturated heterocycles. The van der Waals surface area contributed by atoms with Crippen LogP contribution in [0.15, 0.2) is 24.5 Å². The van der Waals surface area contributed by atoms with Gasteiger partial charge in [-0.1, -0.05) is 12.2 Å². The van der Waals surface area contributed by atoms with Gasteiger partial charge in [-0.3, -0.25) is 4.98 Å². The Morgan fingerprint density at radius 2 is 2.10 bits per heavy atom. The summed E-state index contributed by atoms with van der Waals surface area (Å²) in [6.07, 6.45) is 3.44. The Balaban J connectivity index is 2.85. The number of hydrogen-bond acceptors (Lipinski definition) is 2. The molecule has 0 radical (unpaired) electrons. The van der Waals surface area contributed by atoms with Gasteiger partial charge < -0.3 is 5.32 Å². The first-order valence-electron chi connectivity index (χ1n) is 2.96. The minimum absolute atomic E-state index is 0.752. The molecule has 0 amide bonds. The molecule has 0 saturated carbocycles. The molecule has 1 N–H and O–H groups in total. The fourth-order valence-electron chi connectivity index (χ4n) is 0.648. The van der Waals surface area contributed by atoms with E-state index in [4.69, 9.17) is 12.2 Å². The molecule has 0 bridgehead atoms. The molecule has 10 heavy (non-hydrogen) atoms. The van der Waals surface area contributed by atoms with Crippen LogP contribution in [0.5, 0.6) is 0 Å². The second-order valence-electron chi connectivity index (χ2n) is 1.82. The standard InChI is InChI=1S/C7H8N2S/c1-8-7(10)6-2-4-9-5-3-6/h2-5H,1H3,(H,8,10). The van der Waals surface area contributed by atoms with E-state index < -0.39 is 0 Å². The van der Waals surface area contributed by atoms with Crippen LogP contribution >= 0.6 is 12.2 Å². The van der Waals surface area contributed by atoms with Crippen molar-refractivity contribution in [3.63, 3.8) is 0 Å². The van der Waals surface area contributed by atoms with Crippen molar-refractivity contribution in [1.29, 1.82) is 0 Å². The third-order valence-corrected chi connectivity index (χ3v) is 1.61. The fraction of sp³-hybridized carbons (Fsp3) is 0.143. The van der Waals surface area contributed by atoms with Gasteiger partial charge in [-0.05, 0) is 12.1 Å². The van der Waals surface area contributed by atoms with E-state index in [0.717, 1.165) is 10.6 Å². The monoisotopic (exact) mass is 152 g/mol. The number of rotatable bonds is 1. The van der Waals surface area contributed by atoms with Crippen LogP contribution in [-0.2, 0) is 0 Å². The molecule has 1 aromatic heterocycles. The van der Waals surface area contributed by atoms with E-state index in [0.29, 0.717) is 0 Å². The summed E-state index contributed by atoms with van der Waals surface area (Å²) in [4.78, 5) is 4.63. The van der Waals surface area contributed by atoms with Crippen molar-refractivity contribution in [2.75, 3.05) is 7.05 Å². The quantitative estimate of drug-likeness (QED) is 0.607. The zero-order chi connectivity index (χ0) is 7.40. The minimum atomic E-state index is 0.752. The number of aromatic nitrogens is 1. The largest absolute Gasteiger partial charge is 0.379 e. The predicted octanol–water partition coefficient (Wildman–Crippen LogP) is 0.976. The van der Waals surface area contributed by atoms with E-state index in [9.17, 15) is 0 Å².